The standard InChI is InChI=1S/C9H14N2.C7H13NO.C6H5F.C4H7Cl.C4H5Cl.C2H6.2C2H2/c1-8(2)5-7-11-9(3)4-6-10-11;1-7(9)8-5-3-2-4-6-8;7-6-4-2-1-3-5-6;1-3-4(2)5;1-2-3-4-5;3*1-2/h4-6H,7H2,1-3H3;2-6H2,1H3;1-5H;3H,1-2H3;2-4H,1H2;1-2H3;2*1-2H/b;;;2*4-3+;;;. The van der Waals surface area contributed by atoms with Crippen molar-refractivity contribution in [2.75, 3.05) is 13.1 Å². The van der Waals surface area contributed by atoms with E-state index in [1.807, 2.05) is 55.6 Å². The molecule has 0 N–H and O–H groups in total. The van der Waals surface area contributed by atoms with Crippen molar-refractivity contribution in [3.05, 3.63) is 101 Å². The largest absolute Gasteiger partial charge is 0.343 e. The average Bonchev–Trinajstić information content (AvgIpc) is 3.46. The van der Waals surface area contributed by atoms with E-state index in [2.05, 4.69) is 64.2 Å². The molecule has 1 aromatic heterocycles. The van der Waals surface area contributed by atoms with Gasteiger partial charge in [-0.05, 0) is 72.1 Å². The predicted octanol–water partition coefficient (Wildman–Crippen LogP) is 10.6. The maximum absolute atomic E-state index is 11.9. The molecule has 2 heterocycles. The van der Waals surface area contributed by atoms with Gasteiger partial charge in [0, 0.05) is 42.5 Å². The van der Waals surface area contributed by atoms with Crippen LogP contribution < -0.4 is 0 Å². The van der Waals surface area contributed by atoms with Crippen molar-refractivity contribution in [3.8, 4) is 25.7 Å². The molecular weight excluding hydrogens is 580 g/mol. The number of hydrogen-bond donors (Lipinski definition) is 0. The molecule has 240 valence electrons. The number of terminal acetylenes is 2. The van der Waals surface area contributed by atoms with E-state index in [1.165, 1.54) is 48.2 Å². The van der Waals surface area contributed by atoms with Gasteiger partial charge >= 0.3 is 0 Å². The molecule has 0 radical (unpaired) electrons. The van der Waals surface area contributed by atoms with Gasteiger partial charge in [0.2, 0.25) is 5.91 Å². The summed E-state index contributed by atoms with van der Waals surface area (Å²) in [5, 5.41) is 5.01. The smallest absolute Gasteiger partial charge is 0.219 e. The lowest BCUT2D eigenvalue weighted by atomic mass is 10.1. The van der Waals surface area contributed by atoms with E-state index in [1.54, 1.807) is 37.3 Å². The van der Waals surface area contributed by atoms with Crippen LogP contribution in [0.5, 0.6) is 0 Å². The summed E-state index contributed by atoms with van der Waals surface area (Å²) in [6.45, 7) is 21.9. The zero-order chi connectivity index (χ0) is 34.5. The van der Waals surface area contributed by atoms with Gasteiger partial charge in [-0.25, -0.2) is 4.39 Å². The van der Waals surface area contributed by atoms with E-state index in [0.29, 0.717) is 0 Å². The highest BCUT2D eigenvalue weighted by atomic mass is 35.5. The number of nitrogens with zero attached hydrogens (tertiary/aromatic N) is 3. The summed E-state index contributed by atoms with van der Waals surface area (Å²) in [7, 11) is 0. The molecule has 1 aliphatic rings. The van der Waals surface area contributed by atoms with Crippen LogP contribution in [0, 0.1) is 38.4 Å². The number of hydrogen-bond acceptors (Lipinski definition) is 2. The first kappa shape index (κ1) is 49.2. The van der Waals surface area contributed by atoms with Gasteiger partial charge in [-0.1, -0.05) is 91.7 Å². The molecule has 1 saturated heterocycles. The third-order valence-corrected chi connectivity index (χ3v) is 5.11. The summed E-state index contributed by atoms with van der Waals surface area (Å²) in [6.07, 6.45) is 28.8. The molecule has 0 bridgehead atoms. The molecule has 1 aromatic carbocycles. The Balaban J connectivity index is -0.000000138. The Morgan fingerprint density at radius 1 is 1.00 bits per heavy atom. The molecule has 1 amide bonds. The Kier molecular flexibility index (Phi) is 46.5. The predicted molar refractivity (Wildman–Crippen MR) is 191 cm³/mol. The third-order valence-electron chi connectivity index (χ3n) is 4.74. The Morgan fingerprint density at radius 3 is 1.72 bits per heavy atom. The first-order chi connectivity index (χ1) is 20.6. The Hall–Kier alpha value is -3.51. The fraction of sp³-hybridized carbons (Fsp3) is 0.389. The first-order valence-corrected chi connectivity index (χ1v) is 14.8. The second kappa shape index (κ2) is 40.6. The number of allylic oxidation sites excluding steroid dienone is 6. The lowest BCUT2D eigenvalue weighted by molar-refractivity contribution is -0.129. The highest BCUT2D eigenvalue weighted by Crippen LogP contribution is 2.07. The van der Waals surface area contributed by atoms with E-state index in [4.69, 9.17) is 23.2 Å². The van der Waals surface area contributed by atoms with Crippen LogP contribution in [0.4, 0.5) is 4.39 Å². The molecule has 43 heavy (non-hydrogen) atoms. The van der Waals surface area contributed by atoms with E-state index in [9.17, 15) is 9.18 Å². The molecule has 4 nitrogen and oxygen atoms in total. The maximum atomic E-state index is 11.9. The Bertz CT molecular complexity index is 1000. The quantitative estimate of drug-likeness (QED) is 0.191. The van der Waals surface area contributed by atoms with Crippen LogP contribution >= 0.6 is 23.2 Å². The van der Waals surface area contributed by atoms with Crippen LogP contribution in [0.3, 0.4) is 0 Å². The van der Waals surface area contributed by atoms with E-state index in [0.717, 1.165) is 24.7 Å². The van der Waals surface area contributed by atoms with Gasteiger partial charge in [-0.15, -0.1) is 25.7 Å². The number of benzene rings is 1. The number of amides is 1. The minimum Gasteiger partial charge on any atom is -0.343 e. The molecule has 0 unspecified atom stereocenters. The molecule has 7 heteroatoms. The molecule has 1 aliphatic heterocycles. The Morgan fingerprint density at radius 2 is 1.49 bits per heavy atom. The first-order valence-electron chi connectivity index (χ1n) is 14.0. The van der Waals surface area contributed by atoms with E-state index >= 15 is 0 Å². The zero-order valence-corrected chi connectivity index (χ0v) is 29.1. The van der Waals surface area contributed by atoms with Crippen molar-refractivity contribution in [2.45, 2.75) is 81.2 Å². The van der Waals surface area contributed by atoms with Crippen LogP contribution in [0.15, 0.2) is 89.6 Å². The molecule has 1 fully saturated rings. The van der Waals surface area contributed by atoms with Crippen LogP contribution in [-0.2, 0) is 11.3 Å². The summed E-state index contributed by atoms with van der Waals surface area (Å²) < 4.78 is 13.9. The van der Waals surface area contributed by atoms with E-state index < -0.39 is 0 Å². The number of aryl methyl sites for hydroxylation is 1. The van der Waals surface area contributed by atoms with Crippen molar-refractivity contribution in [2.24, 2.45) is 0 Å². The Labute approximate surface area is 273 Å². The molecular formula is C36H54Cl2FN3O. The number of aromatic nitrogens is 2. The van der Waals surface area contributed by atoms with Crippen molar-refractivity contribution in [1.82, 2.24) is 14.7 Å². The second-order valence-corrected chi connectivity index (χ2v) is 9.08. The van der Waals surface area contributed by atoms with Gasteiger partial charge in [-0.2, -0.15) is 5.10 Å². The van der Waals surface area contributed by atoms with Crippen molar-refractivity contribution < 1.29 is 9.18 Å². The minimum atomic E-state index is -0.178. The maximum Gasteiger partial charge on any atom is 0.219 e. The number of piperidine rings is 1. The van der Waals surface area contributed by atoms with Crippen molar-refractivity contribution in [1.29, 1.82) is 0 Å². The number of rotatable bonds is 3. The number of carbonyl (C=O) groups is 1. The van der Waals surface area contributed by atoms with Gasteiger partial charge < -0.3 is 4.90 Å². The highest BCUT2D eigenvalue weighted by Gasteiger charge is 2.11. The summed E-state index contributed by atoms with van der Waals surface area (Å²) >= 11 is 10.4. The van der Waals surface area contributed by atoms with Crippen LogP contribution in [-0.4, -0.2) is 33.7 Å². The fourth-order valence-corrected chi connectivity index (χ4v) is 2.64. The van der Waals surface area contributed by atoms with Crippen LogP contribution in [0.1, 0.15) is 73.4 Å². The molecule has 0 aliphatic carbocycles. The average molecular weight is 635 g/mol. The lowest BCUT2D eigenvalue weighted by Crippen LogP contribution is -2.33. The van der Waals surface area contributed by atoms with E-state index in [-0.39, 0.29) is 11.7 Å². The minimum absolute atomic E-state index is 0.178. The van der Waals surface area contributed by atoms with Gasteiger partial charge in [0.05, 0.1) is 6.54 Å². The summed E-state index contributed by atoms with van der Waals surface area (Å²) in [5.74, 6) is 0.0530. The number of carbonyl (C=O) groups excluding carboxylic acids is 1. The number of halogens is 3. The fourth-order valence-electron chi connectivity index (χ4n) is 2.53. The van der Waals surface area contributed by atoms with Gasteiger partial charge in [0.25, 0.3) is 0 Å². The second-order valence-electron chi connectivity index (χ2n) is 8.23. The zero-order valence-electron chi connectivity index (χ0n) is 27.6. The molecule has 0 spiro atoms. The molecule has 0 saturated carbocycles. The number of likely N-dealkylation sites (tertiary alicyclic amines) is 1. The lowest BCUT2D eigenvalue weighted by Gasteiger charge is -2.24. The van der Waals surface area contributed by atoms with Gasteiger partial charge in [0.15, 0.2) is 0 Å². The van der Waals surface area contributed by atoms with Gasteiger partial charge in [-0.3, -0.25) is 9.48 Å². The van der Waals surface area contributed by atoms with Crippen molar-refractivity contribution in [3.63, 3.8) is 0 Å². The SMILES string of the molecule is C#C.C#C.C/C=C(\C)Cl.C=C/C=C/Cl.CC.CC(=O)N1CCCCC1.CC(C)=CCn1nccc1C.Fc1ccccc1. The third kappa shape index (κ3) is 40.7. The van der Waals surface area contributed by atoms with Crippen molar-refractivity contribution >= 4 is 29.1 Å². The molecule has 3 rings (SSSR count). The summed E-state index contributed by atoms with van der Waals surface area (Å²) in [6, 6.07) is 9.95. The topological polar surface area (TPSA) is 38.1 Å². The van der Waals surface area contributed by atoms with Crippen LogP contribution in [0.2, 0.25) is 0 Å². The monoisotopic (exact) mass is 633 g/mol. The normalized spacial score (nSPS) is 10.8. The highest BCUT2D eigenvalue weighted by molar-refractivity contribution is 6.29. The van der Waals surface area contributed by atoms with Gasteiger partial charge in [0.1, 0.15) is 5.82 Å². The summed E-state index contributed by atoms with van der Waals surface area (Å²) in [5.41, 5.74) is 3.95. The van der Waals surface area contributed by atoms with Crippen LogP contribution in [0.25, 0.3) is 0 Å². The molecule has 0 atom stereocenters. The summed E-state index contributed by atoms with van der Waals surface area (Å²) in [4.78, 5) is 12.6. The molecule has 2 aromatic rings.